The van der Waals surface area contributed by atoms with Crippen LogP contribution in [-0.4, -0.2) is 12.3 Å². The van der Waals surface area contributed by atoms with Crippen LogP contribution in [0.2, 0.25) is 0 Å². The lowest BCUT2D eigenvalue weighted by Gasteiger charge is -2.10. The monoisotopic (exact) mass is 268 g/mol. The second-order valence-corrected chi connectivity index (χ2v) is 4.54. The van der Waals surface area contributed by atoms with E-state index < -0.39 is 0 Å². The summed E-state index contributed by atoms with van der Waals surface area (Å²) in [5.41, 5.74) is 4.05. The molecule has 0 aliphatic rings. The zero-order valence-corrected chi connectivity index (χ0v) is 11.4. The van der Waals surface area contributed by atoms with Crippen molar-refractivity contribution in [2.45, 2.75) is 13.8 Å². The van der Waals surface area contributed by atoms with Gasteiger partial charge >= 0.3 is 0 Å². The molecule has 0 aromatic heterocycles. The van der Waals surface area contributed by atoms with Gasteiger partial charge in [-0.2, -0.15) is 0 Å². The summed E-state index contributed by atoms with van der Waals surface area (Å²) >= 11 is 0. The van der Waals surface area contributed by atoms with E-state index in [0.717, 1.165) is 16.8 Å². The van der Waals surface area contributed by atoms with E-state index in [9.17, 15) is 9.59 Å². The predicted molar refractivity (Wildman–Crippen MR) is 80.0 cm³/mol. The molecule has 0 atom stereocenters. The summed E-state index contributed by atoms with van der Waals surface area (Å²) in [5, 5.41) is 5.41. The van der Waals surface area contributed by atoms with Crippen molar-refractivity contribution >= 4 is 23.7 Å². The Bertz CT molecular complexity index is 651. The van der Waals surface area contributed by atoms with Gasteiger partial charge in [-0.1, -0.05) is 18.2 Å². The van der Waals surface area contributed by atoms with Gasteiger partial charge in [-0.15, -0.1) is 0 Å². The highest BCUT2D eigenvalue weighted by Gasteiger charge is 2.09. The molecular formula is C16H16N2O2. The summed E-state index contributed by atoms with van der Waals surface area (Å²) in [4.78, 5) is 22.6. The SMILES string of the molecule is Cc1cccc(NC(=O)c2cccc(NC=O)c2)c1C. The van der Waals surface area contributed by atoms with Crippen molar-refractivity contribution in [1.29, 1.82) is 0 Å². The Balaban J connectivity index is 2.21. The normalized spacial score (nSPS) is 9.90. The van der Waals surface area contributed by atoms with E-state index in [1.54, 1.807) is 24.3 Å². The summed E-state index contributed by atoms with van der Waals surface area (Å²) < 4.78 is 0. The average molecular weight is 268 g/mol. The van der Waals surface area contributed by atoms with Crippen LogP contribution in [0.25, 0.3) is 0 Å². The molecule has 2 aromatic carbocycles. The van der Waals surface area contributed by atoms with E-state index >= 15 is 0 Å². The van der Waals surface area contributed by atoms with Crippen molar-refractivity contribution in [3.63, 3.8) is 0 Å². The summed E-state index contributed by atoms with van der Waals surface area (Å²) in [7, 11) is 0. The van der Waals surface area contributed by atoms with Crippen LogP contribution in [0.3, 0.4) is 0 Å². The fourth-order valence-corrected chi connectivity index (χ4v) is 1.90. The fraction of sp³-hybridized carbons (Fsp3) is 0.125. The minimum absolute atomic E-state index is 0.201. The molecule has 4 heteroatoms. The fourth-order valence-electron chi connectivity index (χ4n) is 1.90. The van der Waals surface area contributed by atoms with E-state index in [0.29, 0.717) is 17.7 Å². The van der Waals surface area contributed by atoms with E-state index in [1.807, 2.05) is 32.0 Å². The topological polar surface area (TPSA) is 58.2 Å². The van der Waals surface area contributed by atoms with Gasteiger partial charge in [0, 0.05) is 16.9 Å². The van der Waals surface area contributed by atoms with Crippen LogP contribution >= 0.6 is 0 Å². The molecule has 102 valence electrons. The van der Waals surface area contributed by atoms with Crippen LogP contribution in [0.5, 0.6) is 0 Å². The van der Waals surface area contributed by atoms with Gasteiger partial charge in [0.1, 0.15) is 0 Å². The average Bonchev–Trinajstić information content (AvgIpc) is 2.44. The predicted octanol–water partition coefficient (Wildman–Crippen LogP) is 3.12. The number of hydrogen-bond donors (Lipinski definition) is 2. The Morgan fingerprint density at radius 1 is 1.10 bits per heavy atom. The van der Waals surface area contributed by atoms with Gasteiger partial charge in [-0.05, 0) is 49.2 Å². The molecule has 20 heavy (non-hydrogen) atoms. The third kappa shape index (κ3) is 3.03. The van der Waals surface area contributed by atoms with Crippen LogP contribution in [0.15, 0.2) is 42.5 Å². The van der Waals surface area contributed by atoms with Crippen molar-refractivity contribution < 1.29 is 9.59 Å². The first kappa shape index (κ1) is 13.8. The number of carbonyl (C=O) groups is 2. The third-order valence-electron chi connectivity index (χ3n) is 3.20. The molecule has 0 aliphatic carbocycles. The van der Waals surface area contributed by atoms with Crippen LogP contribution in [-0.2, 0) is 4.79 Å². The molecule has 0 spiro atoms. The highest BCUT2D eigenvalue weighted by atomic mass is 16.1. The molecule has 0 unspecified atom stereocenters. The van der Waals surface area contributed by atoms with Crippen molar-refractivity contribution in [2.75, 3.05) is 10.6 Å². The first-order valence-electron chi connectivity index (χ1n) is 6.29. The molecule has 0 aliphatic heterocycles. The Morgan fingerprint density at radius 3 is 2.60 bits per heavy atom. The van der Waals surface area contributed by atoms with E-state index in [2.05, 4.69) is 10.6 Å². The molecule has 0 saturated heterocycles. The maximum atomic E-state index is 12.2. The van der Waals surface area contributed by atoms with Crippen molar-refractivity contribution in [1.82, 2.24) is 0 Å². The number of nitrogens with one attached hydrogen (secondary N) is 2. The minimum Gasteiger partial charge on any atom is -0.329 e. The molecule has 0 bridgehead atoms. The van der Waals surface area contributed by atoms with Crippen LogP contribution in [0.4, 0.5) is 11.4 Å². The Kier molecular flexibility index (Phi) is 4.15. The number of aryl methyl sites for hydroxylation is 1. The smallest absolute Gasteiger partial charge is 0.255 e. The molecular weight excluding hydrogens is 252 g/mol. The molecule has 4 nitrogen and oxygen atoms in total. The summed E-state index contributed by atoms with van der Waals surface area (Å²) in [6, 6.07) is 12.6. The number of hydrogen-bond acceptors (Lipinski definition) is 2. The van der Waals surface area contributed by atoms with Gasteiger partial charge in [0.2, 0.25) is 6.41 Å². The summed E-state index contributed by atoms with van der Waals surface area (Å²) in [6.07, 6.45) is 0.585. The first-order valence-corrected chi connectivity index (χ1v) is 6.29. The summed E-state index contributed by atoms with van der Waals surface area (Å²) in [5.74, 6) is -0.201. The minimum atomic E-state index is -0.201. The van der Waals surface area contributed by atoms with Gasteiger partial charge in [0.25, 0.3) is 5.91 Å². The lowest BCUT2D eigenvalue weighted by atomic mass is 10.1. The molecule has 2 aromatic rings. The lowest BCUT2D eigenvalue weighted by Crippen LogP contribution is -2.13. The molecule has 0 radical (unpaired) electrons. The zero-order valence-electron chi connectivity index (χ0n) is 11.4. The lowest BCUT2D eigenvalue weighted by molar-refractivity contribution is -0.105. The van der Waals surface area contributed by atoms with Crippen molar-refractivity contribution in [2.24, 2.45) is 0 Å². The number of anilines is 2. The van der Waals surface area contributed by atoms with E-state index in [1.165, 1.54) is 0 Å². The van der Waals surface area contributed by atoms with Crippen molar-refractivity contribution in [3.8, 4) is 0 Å². The van der Waals surface area contributed by atoms with Gasteiger partial charge in [0.05, 0.1) is 0 Å². The molecule has 2 N–H and O–H groups in total. The second kappa shape index (κ2) is 6.02. The summed E-state index contributed by atoms with van der Waals surface area (Å²) in [6.45, 7) is 3.97. The Labute approximate surface area is 117 Å². The highest BCUT2D eigenvalue weighted by Crippen LogP contribution is 2.19. The van der Waals surface area contributed by atoms with Crippen LogP contribution < -0.4 is 10.6 Å². The molecule has 0 saturated carbocycles. The molecule has 0 fully saturated rings. The Hall–Kier alpha value is -2.62. The number of benzene rings is 2. The first-order chi connectivity index (χ1) is 9.61. The van der Waals surface area contributed by atoms with E-state index in [-0.39, 0.29) is 5.91 Å². The number of carbonyl (C=O) groups excluding carboxylic acids is 2. The number of rotatable bonds is 4. The standard InChI is InChI=1S/C16H16N2O2/c1-11-5-3-8-15(12(11)2)18-16(20)13-6-4-7-14(9-13)17-10-19/h3-10H,1-2H3,(H,17,19)(H,18,20). The highest BCUT2D eigenvalue weighted by molar-refractivity contribution is 6.05. The van der Waals surface area contributed by atoms with Gasteiger partial charge in [-0.25, -0.2) is 0 Å². The maximum Gasteiger partial charge on any atom is 0.255 e. The second-order valence-electron chi connectivity index (χ2n) is 4.54. The Morgan fingerprint density at radius 2 is 1.85 bits per heavy atom. The maximum absolute atomic E-state index is 12.2. The van der Waals surface area contributed by atoms with E-state index in [4.69, 9.17) is 0 Å². The zero-order chi connectivity index (χ0) is 14.5. The van der Waals surface area contributed by atoms with Gasteiger partial charge < -0.3 is 10.6 Å². The van der Waals surface area contributed by atoms with Gasteiger partial charge in [0.15, 0.2) is 0 Å². The quantitative estimate of drug-likeness (QED) is 0.837. The molecule has 2 amide bonds. The van der Waals surface area contributed by atoms with Crippen LogP contribution in [0.1, 0.15) is 21.5 Å². The molecule has 0 heterocycles. The van der Waals surface area contributed by atoms with Crippen molar-refractivity contribution in [3.05, 3.63) is 59.2 Å². The largest absolute Gasteiger partial charge is 0.329 e. The number of amides is 2. The third-order valence-corrected chi connectivity index (χ3v) is 3.20. The van der Waals surface area contributed by atoms with Crippen LogP contribution in [0, 0.1) is 13.8 Å². The van der Waals surface area contributed by atoms with Gasteiger partial charge in [-0.3, -0.25) is 9.59 Å². The molecule has 2 rings (SSSR count).